The third-order valence-electron chi connectivity index (χ3n) is 2.55. The molecule has 0 amide bonds. The zero-order chi connectivity index (χ0) is 11.0. The zero-order valence-corrected chi connectivity index (χ0v) is 8.86. The lowest BCUT2D eigenvalue weighted by Crippen LogP contribution is -2.10. The van der Waals surface area contributed by atoms with E-state index in [1.54, 1.807) is 0 Å². The molecule has 78 valence electrons. The summed E-state index contributed by atoms with van der Waals surface area (Å²) in [6.45, 7) is 4.08. The maximum absolute atomic E-state index is 5.85. The Labute approximate surface area is 88.5 Å². The van der Waals surface area contributed by atoms with Crippen molar-refractivity contribution in [1.82, 2.24) is 9.66 Å². The fourth-order valence-corrected chi connectivity index (χ4v) is 1.75. The summed E-state index contributed by atoms with van der Waals surface area (Å²) in [7, 11) is 0. The molecule has 4 nitrogen and oxygen atoms in total. The van der Waals surface area contributed by atoms with Crippen LogP contribution in [0.5, 0.6) is 0 Å². The molecular formula is C11H14N4. The van der Waals surface area contributed by atoms with Crippen molar-refractivity contribution in [3.05, 3.63) is 35.7 Å². The first-order valence-corrected chi connectivity index (χ1v) is 4.75. The summed E-state index contributed by atoms with van der Waals surface area (Å²) in [5, 5.41) is 0. The number of hydrogen-bond donors (Lipinski definition) is 2. The van der Waals surface area contributed by atoms with E-state index >= 15 is 0 Å². The van der Waals surface area contributed by atoms with Crippen LogP contribution in [-0.2, 0) is 0 Å². The highest BCUT2D eigenvalue weighted by atomic mass is 15.3. The second-order valence-corrected chi connectivity index (χ2v) is 3.65. The summed E-state index contributed by atoms with van der Waals surface area (Å²) in [4.78, 5) is 4.22. The Morgan fingerprint density at radius 3 is 2.27 bits per heavy atom. The molecule has 0 radical (unpaired) electrons. The first kappa shape index (κ1) is 9.58. The van der Waals surface area contributed by atoms with Crippen molar-refractivity contribution in [3.63, 3.8) is 0 Å². The first-order valence-electron chi connectivity index (χ1n) is 4.75. The summed E-state index contributed by atoms with van der Waals surface area (Å²) >= 11 is 0. The van der Waals surface area contributed by atoms with E-state index in [-0.39, 0.29) is 0 Å². The summed E-state index contributed by atoms with van der Waals surface area (Å²) in [5.74, 6) is 6.10. The minimum Gasteiger partial charge on any atom is -0.382 e. The Morgan fingerprint density at radius 2 is 1.80 bits per heavy atom. The lowest BCUT2D eigenvalue weighted by Gasteiger charge is -2.07. The molecule has 4 N–H and O–H groups in total. The number of imidazole rings is 1. The van der Waals surface area contributed by atoms with Crippen molar-refractivity contribution >= 4 is 5.82 Å². The molecule has 15 heavy (non-hydrogen) atoms. The van der Waals surface area contributed by atoms with Gasteiger partial charge in [-0.3, -0.25) is 0 Å². The summed E-state index contributed by atoms with van der Waals surface area (Å²) < 4.78 is 1.33. The molecule has 0 saturated carbocycles. The standard InChI is InChI=1S/C11H14N4/c1-7-4-3-5-8(2)9(7)10-11(12)15(13)6-14-10/h3-6H,12-13H2,1-2H3. The van der Waals surface area contributed by atoms with Gasteiger partial charge in [0, 0.05) is 5.56 Å². The molecular weight excluding hydrogens is 188 g/mol. The Hall–Kier alpha value is -1.97. The van der Waals surface area contributed by atoms with E-state index in [4.69, 9.17) is 11.6 Å². The van der Waals surface area contributed by atoms with Crippen molar-refractivity contribution in [3.8, 4) is 11.3 Å². The van der Waals surface area contributed by atoms with E-state index in [0.717, 1.165) is 22.4 Å². The largest absolute Gasteiger partial charge is 0.382 e. The van der Waals surface area contributed by atoms with Crippen LogP contribution in [0.4, 0.5) is 5.82 Å². The van der Waals surface area contributed by atoms with E-state index in [0.29, 0.717) is 5.82 Å². The Morgan fingerprint density at radius 1 is 1.20 bits per heavy atom. The van der Waals surface area contributed by atoms with Gasteiger partial charge < -0.3 is 11.6 Å². The van der Waals surface area contributed by atoms with E-state index in [9.17, 15) is 0 Å². The van der Waals surface area contributed by atoms with Crippen molar-refractivity contribution in [1.29, 1.82) is 0 Å². The van der Waals surface area contributed by atoms with Crippen molar-refractivity contribution < 1.29 is 0 Å². The normalized spacial score (nSPS) is 10.5. The molecule has 0 fully saturated rings. The van der Waals surface area contributed by atoms with Crippen molar-refractivity contribution in [2.24, 2.45) is 0 Å². The molecule has 1 aromatic carbocycles. The van der Waals surface area contributed by atoms with Crippen LogP contribution in [0.3, 0.4) is 0 Å². The van der Waals surface area contributed by atoms with Gasteiger partial charge in [-0.25, -0.2) is 9.66 Å². The molecule has 1 aromatic heterocycles. The highest BCUT2D eigenvalue weighted by molar-refractivity contribution is 5.75. The number of rotatable bonds is 1. The molecule has 0 aliphatic heterocycles. The fraction of sp³-hybridized carbons (Fsp3) is 0.182. The molecule has 1 heterocycles. The van der Waals surface area contributed by atoms with Crippen molar-refractivity contribution in [2.45, 2.75) is 13.8 Å². The van der Waals surface area contributed by atoms with E-state index in [1.807, 2.05) is 32.0 Å². The Bertz CT molecular complexity index is 479. The fourth-order valence-electron chi connectivity index (χ4n) is 1.75. The number of aromatic nitrogens is 2. The number of aryl methyl sites for hydroxylation is 2. The van der Waals surface area contributed by atoms with E-state index in [1.165, 1.54) is 11.0 Å². The number of nitrogens with zero attached hydrogens (tertiary/aromatic N) is 2. The summed E-state index contributed by atoms with van der Waals surface area (Å²) in [6, 6.07) is 6.10. The lowest BCUT2D eigenvalue weighted by molar-refractivity contribution is 1.01. The Balaban J connectivity index is 2.69. The van der Waals surface area contributed by atoms with Crippen LogP contribution in [0.25, 0.3) is 11.3 Å². The van der Waals surface area contributed by atoms with Crippen LogP contribution in [0.1, 0.15) is 11.1 Å². The maximum atomic E-state index is 5.85. The molecule has 2 rings (SSSR count). The molecule has 0 saturated heterocycles. The monoisotopic (exact) mass is 202 g/mol. The third-order valence-corrected chi connectivity index (χ3v) is 2.55. The molecule has 4 heteroatoms. The van der Waals surface area contributed by atoms with Gasteiger partial charge in [-0.2, -0.15) is 0 Å². The number of benzene rings is 1. The highest BCUT2D eigenvalue weighted by Gasteiger charge is 2.12. The van der Waals surface area contributed by atoms with Crippen LogP contribution >= 0.6 is 0 Å². The highest BCUT2D eigenvalue weighted by Crippen LogP contribution is 2.29. The van der Waals surface area contributed by atoms with Gasteiger partial charge in [0.25, 0.3) is 0 Å². The van der Waals surface area contributed by atoms with E-state index in [2.05, 4.69) is 4.98 Å². The van der Waals surface area contributed by atoms with E-state index < -0.39 is 0 Å². The van der Waals surface area contributed by atoms with Gasteiger partial charge in [-0.1, -0.05) is 18.2 Å². The lowest BCUT2D eigenvalue weighted by atomic mass is 10.0. The van der Waals surface area contributed by atoms with Gasteiger partial charge >= 0.3 is 0 Å². The van der Waals surface area contributed by atoms with Gasteiger partial charge in [0.2, 0.25) is 0 Å². The average molecular weight is 202 g/mol. The van der Waals surface area contributed by atoms with Gasteiger partial charge in [0.1, 0.15) is 12.0 Å². The topological polar surface area (TPSA) is 69.9 Å². The first-order chi connectivity index (χ1) is 7.11. The number of nitrogen functional groups attached to an aromatic ring is 2. The zero-order valence-electron chi connectivity index (χ0n) is 8.86. The minimum atomic E-state index is 0.493. The molecule has 2 aromatic rings. The molecule has 0 spiro atoms. The average Bonchev–Trinajstić information content (AvgIpc) is 2.49. The molecule has 0 bridgehead atoms. The molecule has 0 aliphatic rings. The number of anilines is 1. The SMILES string of the molecule is Cc1cccc(C)c1-c1ncn(N)c1N. The summed E-state index contributed by atoms with van der Waals surface area (Å²) in [5.41, 5.74) is 9.98. The van der Waals surface area contributed by atoms with Crippen LogP contribution in [0.15, 0.2) is 24.5 Å². The summed E-state index contributed by atoms with van der Waals surface area (Å²) in [6.07, 6.45) is 1.52. The maximum Gasteiger partial charge on any atom is 0.150 e. The van der Waals surface area contributed by atoms with Gasteiger partial charge in [0.15, 0.2) is 5.82 Å². The van der Waals surface area contributed by atoms with Crippen LogP contribution < -0.4 is 11.6 Å². The van der Waals surface area contributed by atoms with Gasteiger partial charge in [-0.05, 0) is 25.0 Å². The van der Waals surface area contributed by atoms with Crippen LogP contribution in [-0.4, -0.2) is 9.66 Å². The Kier molecular flexibility index (Phi) is 2.11. The van der Waals surface area contributed by atoms with Gasteiger partial charge in [0.05, 0.1) is 0 Å². The van der Waals surface area contributed by atoms with Crippen molar-refractivity contribution in [2.75, 3.05) is 11.6 Å². The quantitative estimate of drug-likeness (QED) is 0.688. The molecule has 0 atom stereocenters. The minimum absolute atomic E-state index is 0.493. The third kappa shape index (κ3) is 1.44. The van der Waals surface area contributed by atoms with Crippen LogP contribution in [0.2, 0.25) is 0 Å². The predicted molar refractivity (Wildman–Crippen MR) is 61.7 cm³/mol. The molecule has 0 unspecified atom stereocenters. The predicted octanol–water partition coefficient (Wildman–Crippen LogP) is 1.46. The molecule has 0 aliphatic carbocycles. The second-order valence-electron chi connectivity index (χ2n) is 3.65. The van der Waals surface area contributed by atoms with Crippen LogP contribution in [0, 0.1) is 13.8 Å². The number of hydrogen-bond acceptors (Lipinski definition) is 3. The smallest absolute Gasteiger partial charge is 0.150 e. The second kappa shape index (κ2) is 3.31. The van der Waals surface area contributed by atoms with Gasteiger partial charge in [-0.15, -0.1) is 0 Å². The number of nitrogens with two attached hydrogens (primary N) is 2.